The lowest BCUT2D eigenvalue weighted by Gasteiger charge is -2.32. The Morgan fingerprint density at radius 1 is 1.25 bits per heavy atom. The molecule has 0 saturated carbocycles. The number of benzene rings is 1. The van der Waals surface area contributed by atoms with Gasteiger partial charge in [0.15, 0.2) is 11.2 Å². The Morgan fingerprint density at radius 2 is 1.96 bits per heavy atom. The molecule has 10 nitrogen and oxygen atoms in total. The molecule has 0 aliphatic carbocycles. The molecule has 0 unspecified atom stereocenters. The first-order valence-electron chi connectivity index (χ1n) is 8.79. The van der Waals surface area contributed by atoms with E-state index in [-0.39, 0.29) is 24.3 Å². The van der Waals surface area contributed by atoms with Crippen LogP contribution in [-0.2, 0) is 24.9 Å². The molecule has 0 bridgehead atoms. The van der Waals surface area contributed by atoms with Crippen LogP contribution in [0.3, 0.4) is 0 Å². The number of aromatic nitrogens is 4. The predicted molar refractivity (Wildman–Crippen MR) is 98.3 cm³/mol. The summed E-state index contributed by atoms with van der Waals surface area (Å²) < 4.78 is 3.65. The van der Waals surface area contributed by atoms with Gasteiger partial charge in [-0.25, -0.2) is 4.79 Å². The highest BCUT2D eigenvalue weighted by atomic mass is 16.4. The van der Waals surface area contributed by atoms with Crippen LogP contribution in [0.2, 0.25) is 0 Å². The van der Waals surface area contributed by atoms with Gasteiger partial charge in [-0.3, -0.25) is 13.9 Å². The van der Waals surface area contributed by atoms with E-state index in [1.54, 1.807) is 9.47 Å². The fraction of sp³-hybridized carbons (Fsp3) is 0.333. The summed E-state index contributed by atoms with van der Waals surface area (Å²) in [5.74, 6) is -0.911. The van der Waals surface area contributed by atoms with Crippen molar-refractivity contribution in [2.45, 2.75) is 25.6 Å². The quantitative estimate of drug-likeness (QED) is 0.583. The van der Waals surface area contributed by atoms with E-state index in [1.807, 2.05) is 30.3 Å². The second-order valence-corrected chi connectivity index (χ2v) is 6.71. The summed E-state index contributed by atoms with van der Waals surface area (Å²) >= 11 is 0. The van der Waals surface area contributed by atoms with Crippen molar-refractivity contribution in [3.63, 3.8) is 0 Å². The summed E-state index contributed by atoms with van der Waals surface area (Å²) in [6.45, 7) is 0.137. The van der Waals surface area contributed by atoms with Crippen LogP contribution in [0.15, 0.2) is 39.9 Å². The number of para-hydroxylation sites is 1. The van der Waals surface area contributed by atoms with Crippen LogP contribution in [0.4, 0.5) is 11.6 Å². The Labute approximate surface area is 158 Å². The molecule has 0 fully saturated rings. The first-order valence-corrected chi connectivity index (χ1v) is 8.79. The van der Waals surface area contributed by atoms with Crippen molar-refractivity contribution in [3.8, 4) is 0 Å². The van der Waals surface area contributed by atoms with Crippen LogP contribution in [0.1, 0.15) is 6.42 Å². The Balaban J connectivity index is 1.96. The molecule has 10 heteroatoms. The molecule has 1 aliphatic rings. The van der Waals surface area contributed by atoms with E-state index >= 15 is 0 Å². The molecule has 0 saturated heterocycles. The standard InChI is InChI=1S/C18H19N5O5/c1-20-15-14(16(27)21(18(20)28)8-7-13(25)26)23-10-12(24)9-22(17(23)19-15)11-5-3-2-4-6-11/h2-6,12,24H,7-10H2,1H3,(H,25,26)/p-1/t12-/m0/s1. The van der Waals surface area contributed by atoms with Crippen molar-refractivity contribution in [2.75, 3.05) is 11.4 Å². The molecule has 3 aromatic rings. The van der Waals surface area contributed by atoms with E-state index in [2.05, 4.69) is 4.98 Å². The van der Waals surface area contributed by atoms with Gasteiger partial charge in [-0.05, 0) is 12.1 Å². The minimum atomic E-state index is -1.35. The summed E-state index contributed by atoms with van der Waals surface area (Å²) in [6.07, 6.45) is -1.21. The van der Waals surface area contributed by atoms with E-state index in [0.29, 0.717) is 12.5 Å². The molecular formula is C18H18N5O5-. The zero-order chi connectivity index (χ0) is 20.0. The van der Waals surface area contributed by atoms with Gasteiger partial charge in [0.05, 0.1) is 19.2 Å². The zero-order valence-corrected chi connectivity index (χ0v) is 15.1. The van der Waals surface area contributed by atoms with Gasteiger partial charge in [-0.15, -0.1) is 0 Å². The van der Waals surface area contributed by atoms with Crippen molar-refractivity contribution < 1.29 is 15.0 Å². The van der Waals surface area contributed by atoms with Crippen molar-refractivity contribution >= 4 is 28.8 Å². The highest BCUT2D eigenvalue weighted by molar-refractivity contribution is 5.77. The number of imidazole rings is 1. The molecule has 4 rings (SSSR count). The first-order chi connectivity index (χ1) is 13.4. The summed E-state index contributed by atoms with van der Waals surface area (Å²) in [7, 11) is 1.47. The number of rotatable bonds is 4. The number of carboxylic acid groups (broad SMARTS) is 1. The Morgan fingerprint density at radius 3 is 2.64 bits per heavy atom. The fourth-order valence-electron chi connectivity index (χ4n) is 3.53. The number of nitrogens with zero attached hydrogens (tertiary/aromatic N) is 5. The number of hydrogen-bond donors (Lipinski definition) is 1. The third-order valence-electron chi connectivity index (χ3n) is 4.85. The van der Waals surface area contributed by atoms with E-state index in [9.17, 15) is 24.6 Å². The summed E-state index contributed by atoms with van der Waals surface area (Å²) in [4.78, 5) is 42.6. The smallest absolute Gasteiger partial charge is 0.332 e. The number of aliphatic carboxylic acids is 1. The van der Waals surface area contributed by atoms with Crippen molar-refractivity contribution in [1.82, 2.24) is 18.7 Å². The monoisotopic (exact) mass is 384 g/mol. The molecule has 146 valence electrons. The summed E-state index contributed by atoms with van der Waals surface area (Å²) in [5.41, 5.74) is -0.166. The lowest BCUT2D eigenvalue weighted by atomic mass is 10.2. The molecule has 28 heavy (non-hydrogen) atoms. The van der Waals surface area contributed by atoms with Gasteiger partial charge in [0.25, 0.3) is 5.56 Å². The van der Waals surface area contributed by atoms with Gasteiger partial charge < -0.3 is 24.5 Å². The van der Waals surface area contributed by atoms with Gasteiger partial charge >= 0.3 is 5.69 Å². The fourth-order valence-corrected chi connectivity index (χ4v) is 3.53. The third kappa shape index (κ3) is 2.78. The van der Waals surface area contributed by atoms with E-state index < -0.39 is 29.7 Å². The topological polar surface area (TPSA) is 125 Å². The maximum Gasteiger partial charge on any atom is 0.332 e. The summed E-state index contributed by atoms with van der Waals surface area (Å²) in [5, 5.41) is 21.1. The normalized spacial score (nSPS) is 16.4. The number of aliphatic hydroxyl groups is 1. The molecule has 1 aliphatic heterocycles. The second kappa shape index (κ2) is 6.64. The van der Waals surface area contributed by atoms with Crippen molar-refractivity contribution in [1.29, 1.82) is 0 Å². The van der Waals surface area contributed by atoms with Gasteiger partial charge in [0.2, 0.25) is 5.95 Å². The van der Waals surface area contributed by atoms with Gasteiger partial charge in [0.1, 0.15) is 0 Å². The van der Waals surface area contributed by atoms with Crippen LogP contribution in [0, 0.1) is 0 Å². The number of aliphatic hydroxyl groups excluding tert-OH is 1. The van der Waals surface area contributed by atoms with E-state index in [4.69, 9.17) is 0 Å². The second-order valence-electron chi connectivity index (χ2n) is 6.71. The lowest BCUT2D eigenvalue weighted by Crippen LogP contribution is -2.42. The van der Waals surface area contributed by atoms with Crippen LogP contribution < -0.4 is 21.3 Å². The third-order valence-corrected chi connectivity index (χ3v) is 4.85. The van der Waals surface area contributed by atoms with Gasteiger partial charge in [0, 0.05) is 31.7 Å². The van der Waals surface area contributed by atoms with Crippen LogP contribution in [0.5, 0.6) is 0 Å². The Kier molecular flexibility index (Phi) is 4.27. The highest BCUT2D eigenvalue weighted by Gasteiger charge is 2.30. The number of fused-ring (bicyclic) bond motifs is 3. The molecule has 0 radical (unpaired) electrons. The number of aryl methyl sites for hydroxylation is 1. The Bertz CT molecular complexity index is 1180. The highest BCUT2D eigenvalue weighted by Crippen LogP contribution is 2.30. The molecule has 0 amide bonds. The first kappa shape index (κ1) is 18.0. The predicted octanol–water partition coefficient (Wildman–Crippen LogP) is -1.45. The van der Waals surface area contributed by atoms with Crippen LogP contribution >= 0.6 is 0 Å². The number of anilines is 2. The molecule has 1 aromatic carbocycles. The SMILES string of the molecule is Cn1c(=O)n(CCC(=O)[O-])c(=O)c2c1nc1n2C[C@@H](O)CN1c1ccccc1. The lowest BCUT2D eigenvalue weighted by molar-refractivity contribution is -0.305. The number of carbonyl (C=O) groups is 1. The van der Waals surface area contributed by atoms with Crippen molar-refractivity contribution in [3.05, 3.63) is 51.2 Å². The maximum atomic E-state index is 13.0. The number of β-amino-alcohol motifs (C(OH)–C–C–N with tert-alkyl or cyclic N) is 1. The molecule has 2 aromatic heterocycles. The number of hydrogen-bond acceptors (Lipinski definition) is 7. The van der Waals surface area contributed by atoms with Gasteiger partial charge in [-0.1, -0.05) is 18.2 Å². The largest absolute Gasteiger partial charge is 0.550 e. The molecule has 1 atom stereocenters. The molecule has 0 spiro atoms. The maximum absolute atomic E-state index is 13.0. The van der Waals surface area contributed by atoms with Crippen molar-refractivity contribution in [2.24, 2.45) is 7.05 Å². The average molecular weight is 384 g/mol. The molecule has 1 N–H and O–H groups in total. The van der Waals surface area contributed by atoms with E-state index in [1.165, 1.54) is 11.6 Å². The zero-order valence-electron chi connectivity index (χ0n) is 15.1. The molecular weight excluding hydrogens is 366 g/mol. The summed E-state index contributed by atoms with van der Waals surface area (Å²) in [6, 6.07) is 9.29. The average Bonchev–Trinajstić information content (AvgIpc) is 3.05. The molecule has 3 heterocycles. The van der Waals surface area contributed by atoms with Crippen LogP contribution in [-0.4, -0.2) is 42.4 Å². The van der Waals surface area contributed by atoms with Crippen LogP contribution in [0.25, 0.3) is 11.2 Å². The number of carbonyl (C=O) groups excluding carboxylic acids is 1. The Hall–Kier alpha value is -3.40. The number of carboxylic acids is 1. The van der Waals surface area contributed by atoms with Gasteiger partial charge in [-0.2, -0.15) is 4.98 Å². The van der Waals surface area contributed by atoms with E-state index in [0.717, 1.165) is 10.3 Å². The minimum absolute atomic E-state index is 0.142. The minimum Gasteiger partial charge on any atom is -0.550 e.